The normalized spacial score (nSPS) is 30.9. The van der Waals surface area contributed by atoms with Gasteiger partial charge in [0.05, 0.1) is 19.3 Å². The van der Waals surface area contributed by atoms with E-state index in [1.54, 1.807) is 14.0 Å². The first-order valence-corrected chi connectivity index (χ1v) is 5.37. The number of aliphatic imine (C=N–C) groups is 1. The van der Waals surface area contributed by atoms with Gasteiger partial charge in [-0.05, 0) is 25.5 Å². The van der Waals surface area contributed by atoms with Crippen molar-refractivity contribution >= 4 is 12.2 Å². The van der Waals surface area contributed by atoms with Gasteiger partial charge in [0.25, 0.3) is 0 Å². The van der Waals surface area contributed by atoms with Crippen LogP contribution in [-0.2, 0) is 14.3 Å². The number of rotatable bonds is 4. The Morgan fingerprint density at radius 2 is 2.56 bits per heavy atom. The number of nitrogens with zero attached hydrogens (tertiary/aromatic N) is 1. The second-order valence-corrected chi connectivity index (χ2v) is 3.92. The molecule has 0 saturated heterocycles. The zero-order chi connectivity index (χ0) is 11.6. The van der Waals surface area contributed by atoms with Crippen LogP contribution in [0, 0.1) is 5.92 Å². The predicted octanol–water partition coefficient (Wildman–Crippen LogP) is 1.48. The molecule has 1 fully saturated rings. The largest absolute Gasteiger partial charge is 0.497 e. The standard InChI is InChI=1S/C12H15NO3/c1-3-16-11(14)8-13-12-5-4-10(15-2)6-9(12)7-12/h4-6,8-9H,3,7H2,1-2H3. The summed E-state index contributed by atoms with van der Waals surface area (Å²) in [6.45, 7) is 2.16. The van der Waals surface area contributed by atoms with Crippen LogP contribution in [0.3, 0.4) is 0 Å². The molecular formula is C12H15NO3. The summed E-state index contributed by atoms with van der Waals surface area (Å²) in [4.78, 5) is 15.4. The van der Waals surface area contributed by atoms with Gasteiger partial charge in [0.1, 0.15) is 12.0 Å². The predicted molar refractivity (Wildman–Crippen MR) is 60.2 cm³/mol. The molecule has 0 radical (unpaired) electrons. The second kappa shape index (κ2) is 4.12. The molecule has 2 unspecified atom stereocenters. The fourth-order valence-corrected chi connectivity index (χ4v) is 1.85. The van der Waals surface area contributed by atoms with E-state index >= 15 is 0 Å². The highest BCUT2D eigenvalue weighted by molar-refractivity contribution is 6.23. The van der Waals surface area contributed by atoms with Gasteiger partial charge in [-0.15, -0.1) is 0 Å². The number of methoxy groups -OCH3 is 1. The van der Waals surface area contributed by atoms with Crippen LogP contribution in [0.1, 0.15) is 13.3 Å². The number of fused-ring (bicyclic) bond motifs is 1. The SMILES string of the molecule is CCOC(=O)C=NC12C=CC(OC)=CC1C2. The lowest BCUT2D eigenvalue weighted by Crippen LogP contribution is -2.12. The molecule has 0 N–H and O–H groups in total. The van der Waals surface area contributed by atoms with Crippen LogP contribution < -0.4 is 0 Å². The third kappa shape index (κ3) is 2.01. The van der Waals surface area contributed by atoms with Gasteiger partial charge in [0.2, 0.25) is 0 Å². The lowest BCUT2D eigenvalue weighted by Gasteiger charge is -2.10. The summed E-state index contributed by atoms with van der Waals surface area (Å²) in [7, 11) is 1.65. The van der Waals surface area contributed by atoms with E-state index in [-0.39, 0.29) is 11.5 Å². The molecule has 4 nitrogen and oxygen atoms in total. The van der Waals surface area contributed by atoms with Gasteiger partial charge in [0.15, 0.2) is 0 Å². The molecule has 16 heavy (non-hydrogen) atoms. The number of carbonyl (C=O) groups is 1. The van der Waals surface area contributed by atoms with Gasteiger partial charge in [-0.25, -0.2) is 4.79 Å². The van der Waals surface area contributed by atoms with Gasteiger partial charge < -0.3 is 9.47 Å². The average Bonchev–Trinajstić information content (AvgIpc) is 3.00. The first kappa shape index (κ1) is 10.9. The summed E-state index contributed by atoms with van der Waals surface area (Å²) in [6, 6.07) is 0. The number of esters is 1. The Kier molecular flexibility index (Phi) is 2.81. The molecule has 2 rings (SSSR count). The molecule has 2 aliphatic rings. The summed E-state index contributed by atoms with van der Waals surface area (Å²) < 4.78 is 9.91. The van der Waals surface area contributed by atoms with Crippen molar-refractivity contribution in [3.8, 4) is 0 Å². The van der Waals surface area contributed by atoms with Crippen LogP contribution >= 0.6 is 0 Å². The number of allylic oxidation sites excluding steroid dienone is 1. The van der Waals surface area contributed by atoms with Crippen molar-refractivity contribution in [3.63, 3.8) is 0 Å². The van der Waals surface area contributed by atoms with E-state index in [4.69, 9.17) is 9.47 Å². The van der Waals surface area contributed by atoms with Crippen molar-refractivity contribution in [2.24, 2.45) is 10.9 Å². The summed E-state index contributed by atoms with van der Waals surface area (Å²) in [6.07, 6.45) is 8.15. The molecular weight excluding hydrogens is 206 g/mol. The number of carbonyl (C=O) groups excluding carboxylic acids is 1. The van der Waals surface area contributed by atoms with Crippen molar-refractivity contribution in [1.29, 1.82) is 0 Å². The van der Waals surface area contributed by atoms with Crippen molar-refractivity contribution in [2.45, 2.75) is 18.9 Å². The van der Waals surface area contributed by atoms with E-state index in [0.717, 1.165) is 12.2 Å². The molecule has 1 saturated carbocycles. The first-order chi connectivity index (χ1) is 7.70. The van der Waals surface area contributed by atoms with Crippen LogP contribution in [0.5, 0.6) is 0 Å². The molecule has 4 heteroatoms. The van der Waals surface area contributed by atoms with Gasteiger partial charge in [-0.3, -0.25) is 4.99 Å². The van der Waals surface area contributed by atoms with Gasteiger partial charge in [-0.1, -0.05) is 6.08 Å². The zero-order valence-corrected chi connectivity index (χ0v) is 9.47. The molecule has 0 heterocycles. The Morgan fingerprint density at radius 1 is 1.75 bits per heavy atom. The molecule has 0 amide bonds. The maximum absolute atomic E-state index is 11.1. The van der Waals surface area contributed by atoms with E-state index in [0.29, 0.717) is 12.5 Å². The highest BCUT2D eigenvalue weighted by atomic mass is 16.5. The molecule has 0 aliphatic heterocycles. The Bertz CT molecular complexity index is 384. The molecule has 0 aromatic heterocycles. The Labute approximate surface area is 94.6 Å². The third-order valence-corrected chi connectivity index (χ3v) is 2.86. The van der Waals surface area contributed by atoms with Crippen LogP contribution in [0.4, 0.5) is 0 Å². The fourth-order valence-electron chi connectivity index (χ4n) is 1.85. The Morgan fingerprint density at radius 3 is 3.19 bits per heavy atom. The second-order valence-electron chi connectivity index (χ2n) is 3.92. The minimum absolute atomic E-state index is 0.214. The Balaban J connectivity index is 1.97. The zero-order valence-electron chi connectivity index (χ0n) is 9.47. The van der Waals surface area contributed by atoms with Crippen molar-refractivity contribution in [3.05, 3.63) is 24.0 Å². The Hall–Kier alpha value is -1.58. The van der Waals surface area contributed by atoms with E-state index in [2.05, 4.69) is 4.99 Å². The molecule has 0 aromatic rings. The summed E-state index contributed by atoms with van der Waals surface area (Å²) in [5.41, 5.74) is -0.214. The molecule has 0 spiro atoms. The highest BCUT2D eigenvalue weighted by Gasteiger charge is 2.52. The number of hydrogen-bond donors (Lipinski definition) is 0. The molecule has 2 atom stereocenters. The molecule has 0 aromatic carbocycles. The number of hydrogen-bond acceptors (Lipinski definition) is 4. The van der Waals surface area contributed by atoms with Crippen molar-refractivity contribution < 1.29 is 14.3 Å². The van der Waals surface area contributed by atoms with E-state index in [9.17, 15) is 4.79 Å². The van der Waals surface area contributed by atoms with E-state index < -0.39 is 0 Å². The van der Waals surface area contributed by atoms with Gasteiger partial charge in [0, 0.05) is 5.92 Å². The summed E-state index contributed by atoms with van der Waals surface area (Å²) >= 11 is 0. The van der Waals surface area contributed by atoms with Crippen LogP contribution in [0.15, 0.2) is 29.0 Å². The van der Waals surface area contributed by atoms with Gasteiger partial charge in [-0.2, -0.15) is 0 Å². The third-order valence-electron chi connectivity index (χ3n) is 2.86. The van der Waals surface area contributed by atoms with Crippen molar-refractivity contribution in [1.82, 2.24) is 0 Å². The van der Waals surface area contributed by atoms with E-state index in [1.165, 1.54) is 6.21 Å². The quantitative estimate of drug-likeness (QED) is 0.533. The minimum Gasteiger partial charge on any atom is -0.497 e. The lowest BCUT2D eigenvalue weighted by atomic mass is 10.1. The first-order valence-electron chi connectivity index (χ1n) is 5.37. The molecule has 0 bridgehead atoms. The van der Waals surface area contributed by atoms with Crippen LogP contribution in [0.25, 0.3) is 0 Å². The van der Waals surface area contributed by atoms with Crippen LogP contribution in [0.2, 0.25) is 0 Å². The number of ether oxygens (including phenoxy) is 2. The summed E-state index contributed by atoms with van der Waals surface area (Å²) in [5.74, 6) is 0.847. The maximum Gasteiger partial charge on any atom is 0.348 e. The summed E-state index contributed by atoms with van der Waals surface area (Å²) in [5, 5.41) is 0. The monoisotopic (exact) mass is 221 g/mol. The minimum atomic E-state index is -0.377. The van der Waals surface area contributed by atoms with Crippen LogP contribution in [-0.4, -0.2) is 31.4 Å². The maximum atomic E-state index is 11.1. The van der Waals surface area contributed by atoms with Gasteiger partial charge >= 0.3 is 5.97 Å². The van der Waals surface area contributed by atoms with Crippen molar-refractivity contribution in [2.75, 3.05) is 13.7 Å². The fraction of sp³-hybridized carbons (Fsp3) is 0.500. The topological polar surface area (TPSA) is 47.9 Å². The highest BCUT2D eigenvalue weighted by Crippen LogP contribution is 2.51. The van der Waals surface area contributed by atoms with E-state index in [1.807, 2.05) is 18.2 Å². The molecule has 2 aliphatic carbocycles. The smallest absolute Gasteiger partial charge is 0.348 e. The lowest BCUT2D eigenvalue weighted by molar-refractivity contribution is -0.134. The average molecular weight is 221 g/mol. The molecule has 86 valence electrons.